The fourth-order valence-corrected chi connectivity index (χ4v) is 3.02. The molecule has 0 saturated heterocycles. The molecular formula is C22H20F3N5O4. The minimum absolute atomic E-state index is 0.102. The number of carbonyl (C=O) groups excluding carboxylic acids is 1. The van der Waals surface area contributed by atoms with Crippen molar-refractivity contribution in [1.29, 1.82) is 0 Å². The minimum atomic E-state index is -5.00. The maximum Gasteiger partial charge on any atom is 0.434 e. The SMILES string of the molecule is CC(C)(C)c1ccc(C(N)=NOC(=O)c2cnn(-c3ccc([N+](=O)[O-])cc3)c2C(F)(F)F)cc1. The van der Waals surface area contributed by atoms with Gasteiger partial charge in [-0.3, -0.25) is 10.1 Å². The van der Waals surface area contributed by atoms with E-state index in [1.165, 1.54) is 0 Å². The molecular weight excluding hydrogens is 455 g/mol. The van der Waals surface area contributed by atoms with Gasteiger partial charge >= 0.3 is 12.1 Å². The lowest BCUT2D eigenvalue weighted by atomic mass is 9.87. The van der Waals surface area contributed by atoms with Gasteiger partial charge in [-0.1, -0.05) is 50.2 Å². The first-order chi connectivity index (χ1) is 15.8. The second-order valence-electron chi connectivity index (χ2n) is 8.27. The second kappa shape index (κ2) is 8.96. The zero-order valence-corrected chi connectivity index (χ0v) is 18.3. The van der Waals surface area contributed by atoms with Gasteiger partial charge in [-0.05, 0) is 23.1 Å². The zero-order chi connectivity index (χ0) is 25.3. The van der Waals surface area contributed by atoms with E-state index >= 15 is 0 Å². The third kappa shape index (κ3) is 5.22. The van der Waals surface area contributed by atoms with Crippen LogP contribution in [0.3, 0.4) is 0 Å². The van der Waals surface area contributed by atoms with Crippen LogP contribution in [0.15, 0.2) is 59.9 Å². The molecule has 12 heteroatoms. The average Bonchev–Trinajstić information content (AvgIpc) is 3.23. The Morgan fingerprint density at radius 3 is 2.18 bits per heavy atom. The summed E-state index contributed by atoms with van der Waals surface area (Å²) in [6, 6.07) is 11.1. The summed E-state index contributed by atoms with van der Waals surface area (Å²) in [4.78, 5) is 27.1. The van der Waals surface area contributed by atoms with Gasteiger partial charge in [0.25, 0.3) is 5.69 Å². The molecule has 0 bridgehead atoms. The number of nitrogens with two attached hydrogens (primary N) is 1. The van der Waals surface area contributed by atoms with Crippen molar-refractivity contribution < 1.29 is 27.7 Å². The number of nitro groups is 1. The molecule has 2 N–H and O–H groups in total. The molecule has 0 aliphatic rings. The smallest absolute Gasteiger partial charge is 0.380 e. The molecule has 1 aromatic heterocycles. The summed E-state index contributed by atoms with van der Waals surface area (Å²) in [6.07, 6.45) is -4.32. The number of nitro benzene ring substituents is 1. The Bertz CT molecular complexity index is 1240. The van der Waals surface area contributed by atoms with E-state index in [9.17, 15) is 28.1 Å². The van der Waals surface area contributed by atoms with Crippen LogP contribution in [0.2, 0.25) is 0 Å². The summed E-state index contributed by atoms with van der Waals surface area (Å²) in [5.74, 6) is -1.63. The van der Waals surface area contributed by atoms with Gasteiger partial charge in [-0.25, -0.2) is 9.48 Å². The monoisotopic (exact) mass is 475 g/mol. The number of rotatable bonds is 5. The number of halogens is 3. The third-order valence-corrected chi connectivity index (χ3v) is 4.84. The first kappa shape index (κ1) is 24.4. The Morgan fingerprint density at radius 1 is 1.09 bits per heavy atom. The molecule has 0 aliphatic carbocycles. The Labute approximate surface area is 191 Å². The maximum absolute atomic E-state index is 13.8. The molecule has 9 nitrogen and oxygen atoms in total. The van der Waals surface area contributed by atoms with E-state index in [0.29, 0.717) is 16.4 Å². The number of amidine groups is 1. The summed E-state index contributed by atoms with van der Waals surface area (Å²) < 4.78 is 41.7. The van der Waals surface area contributed by atoms with Crippen molar-refractivity contribution in [3.63, 3.8) is 0 Å². The van der Waals surface area contributed by atoms with Crippen molar-refractivity contribution in [2.45, 2.75) is 32.4 Å². The number of benzene rings is 2. The molecule has 0 amide bonds. The molecule has 34 heavy (non-hydrogen) atoms. The molecule has 2 aromatic carbocycles. The lowest BCUT2D eigenvalue weighted by molar-refractivity contribution is -0.384. The average molecular weight is 475 g/mol. The molecule has 0 fully saturated rings. The van der Waals surface area contributed by atoms with Gasteiger partial charge in [0.15, 0.2) is 11.5 Å². The molecule has 0 saturated carbocycles. The van der Waals surface area contributed by atoms with Gasteiger partial charge in [0.05, 0.1) is 16.8 Å². The highest BCUT2D eigenvalue weighted by atomic mass is 19.4. The predicted octanol–water partition coefficient (Wildman–Crippen LogP) is 4.57. The standard InChI is InChI=1S/C22H20F3N5O4/c1-21(2,3)14-6-4-13(5-7-14)19(26)28-34-20(31)17-12-27-29(18(17)22(23,24)25)15-8-10-16(11-9-15)30(32)33/h4-12H,1-3H3,(H2,26,28). The minimum Gasteiger partial charge on any atom is -0.380 e. The van der Waals surface area contributed by atoms with Crippen LogP contribution < -0.4 is 5.73 Å². The number of carbonyl (C=O) groups is 1. The van der Waals surface area contributed by atoms with Crippen LogP contribution in [0, 0.1) is 10.1 Å². The molecule has 1 heterocycles. The number of aromatic nitrogens is 2. The number of non-ortho nitro benzene ring substituents is 1. The van der Waals surface area contributed by atoms with E-state index in [1.54, 1.807) is 12.1 Å². The molecule has 3 aromatic rings. The van der Waals surface area contributed by atoms with E-state index in [4.69, 9.17) is 5.73 Å². The molecule has 3 rings (SSSR count). The topological polar surface area (TPSA) is 126 Å². The summed E-state index contributed by atoms with van der Waals surface area (Å²) in [6.45, 7) is 6.07. The fourth-order valence-electron chi connectivity index (χ4n) is 3.02. The van der Waals surface area contributed by atoms with Gasteiger partial charge in [0.2, 0.25) is 0 Å². The summed E-state index contributed by atoms with van der Waals surface area (Å²) in [7, 11) is 0. The van der Waals surface area contributed by atoms with Crippen LogP contribution in [-0.4, -0.2) is 26.5 Å². The van der Waals surface area contributed by atoms with Crippen molar-refractivity contribution >= 4 is 17.5 Å². The van der Waals surface area contributed by atoms with Crippen LogP contribution in [0.4, 0.5) is 18.9 Å². The maximum atomic E-state index is 13.8. The van der Waals surface area contributed by atoms with Gasteiger partial charge < -0.3 is 10.6 Å². The van der Waals surface area contributed by atoms with E-state index in [-0.39, 0.29) is 22.6 Å². The van der Waals surface area contributed by atoms with Gasteiger partial charge in [-0.2, -0.15) is 18.3 Å². The molecule has 0 atom stereocenters. The highest BCUT2D eigenvalue weighted by molar-refractivity contribution is 5.98. The number of alkyl halides is 3. The Hall–Kier alpha value is -4.22. The fraction of sp³-hybridized carbons (Fsp3) is 0.227. The molecule has 0 radical (unpaired) electrons. The summed E-state index contributed by atoms with van der Waals surface area (Å²) >= 11 is 0. The van der Waals surface area contributed by atoms with Crippen molar-refractivity contribution in [3.8, 4) is 5.69 Å². The summed E-state index contributed by atoms with van der Waals surface area (Å²) in [5, 5.41) is 17.9. The van der Waals surface area contributed by atoms with E-state index in [1.807, 2.05) is 32.9 Å². The largest absolute Gasteiger partial charge is 0.434 e. The van der Waals surface area contributed by atoms with Crippen molar-refractivity contribution in [2.75, 3.05) is 0 Å². The molecule has 178 valence electrons. The normalized spacial score (nSPS) is 12.5. The van der Waals surface area contributed by atoms with Crippen molar-refractivity contribution in [1.82, 2.24) is 9.78 Å². The first-order valence-electron chi connectivity index (χ1n) is 9.85. The Morgan fingerprint density at radius 2 is 1.68 bits per heavy atom. The van der Waals surface area contributed by atoms with E-state index < -0.39 is 28.3 Å². The van der Waals surface area contributed by atoms with Crippen molar-refractivity contribution in [3.05, 3.63) is 87.2 Å². The van der Waals surface area contributed by atoms with Crippen LogP contribution in [0.1, 0.15) is 48.0 Å². The van der Waals surface area contributed by atoms with Crippen LogP contribution in [0.25, 0.3) is 5.69 Å². The van der Waals surface area contributed by atoms with Gasteiger partial charge in [0, 0.05) is 17.7 Å². The molecule has 0 aliphatic heterocycles. The lowest BCUT2D eigenvalue weighted by Crippen LogP contribution is -2.19. The Kier molecular flexibility index (Phi) is 6.44. The predicted molar refractivity (Wildman–Crippen MR) is 117 cm³/mol. The Balaban J connectivity index is 1.88. The third-order valence-electron chi connectivity index (χ3n) is 4.84. The van der Waals surface area contributed by atoms with Crippen LogP contribution >= 0.6 is 0 Å². The number of hydrogen-bond acceptors (Lipinski definition) is 6. The van der Waals surface area contributed by atoms with Crippen LogP contribution in [-0.2, 0) is 16.4 Å². The lowest BCUT2D eigenvalue weighted by Gasteiger charge is -2.18. The summed E-state index contributed by atoms with van der Waals surface area (Å²) in [5.41, 5.74) is 4.37. The molecule has 0 spiro atoms. The highest BCUT2D eigenvalue weighted by Crippen LogP contribution is 2.34. The molecule has 0 unspecified atom stereocenters. The zero-order valence-electron chi connectivity index (χ0n) is 18.3. The number of hydrogen-bond donors (Lipinski definition) is 1. The van der Waals surface area contributed by atoms with E-state index in [2.05, 4.69) is 15.1 Å². The van der Waals surface area contributed by atoms with E-state index in [0.717, 1.165) is 29.8 Å². The van der Waals surface area contributed by atoms with Gasteiger partial charge in [0.1, 0.15) is 5.56 Å². The van der Waals surface area contributed by atoms with Gasteiger partial charge in [-0.15, -0.1) is 0 Å². The number of nitrogens with zero attached hydrogens (tertiary/aromatic N) is 4. The van der Waals surface area contributed by atoms with Crippen LogP contribution in [0.5, 0.6) is 0 Å². The van der Waals surface area contributed by atoms with Crippen molar-refractivity contribution in [2.24, 2.45) is 10.9 Å². The highest BCUT2D eigenvalue weighted by Gasteiger charge is 2.41. The quantitative estimate of drug-likeness (QED) is 0.189. The second-order valence-corrected chi connectivity index (χ2v) is 8.27. The first-order valence-corrected chi connectivity index (χ1v) is 9.85. The number of oxime groups is 1.